The molecule has 0 radical (unpaired) electrons. The van der Waals surface area contributed by atoms with E-state index in [-0.39, 0.29) is 5.78 Å². The molecule has 0 bridgehead atoms. The maximum Gasteiger partial charge on any atom is 0.195 e. The third kappa shape index (κ3) is 3.78. The highest BCUT2D eigenvalue weighted by molar-refractivity contribution is 7.14. The average Bonchev–Trinajstić information content (AvgIpc) is 3.17. The lowest BCUT2D eigenvalue weighted by Crippen LogP contribution is -1.88. The van der Waals surface area contributed by atoms with E-state index in [2.05, 4.69) is 12.1 Å². The van der Waals surface area contributed by atoms with Crippen molar-refractivity contribution in [3.05, 3.63) is 86.2 Å². The minimum Gasteiger partial charge on any atom is -0.288 e. The SMILES string of the molecule is O=C(/C=C/c1cccs1)c1ccc(Cc2ccccc2)s1. The number of carbonyl (C=O) groups excluding carboxylic acids is 1. The van der Waals surface area contributed by atoms with Crippen LogP contribution in [0.15, 0.2) is 66.1 Å². The molecule has 0 saturated heterocycles. The van der Waals surface area contributed by atoms with E-state index in [1.807, 2.05) is 53.9 Å². The Hall–Kier alpha value is -1.97. The lowest BCUT2D eigenvalue weighted by atomic mass is 10.1. The van der Waals surface area contributed by atoms with Crippen LogP contribution in [0.5, 0.6) is 0 Å². The molecule has 3 rings (SSSR count). The molecule has 0 amide bonds. The van der Waals surface area contributed by atoms with Gasteiger partial charge >= 0.3 is 0 Å². The van der Waals surface area contributed by atoms with E-state index in [9.17, 15) is 4.79 Å². The molecule has 0 saturated carbocycles. The maximum atomic E-state index is 12.1. The zero-order chi connectivity index (χ0) is 14.5. The molecule has 3 aromatic rings. The smallest absolute Gasteiger partial charge is 0.195 e. The van der Waals surface area contributed by atoms with Crippen molar-refractivity contribution in [2.24, 2.45) is 0 Å². The molecule has 0 N–H and O–H groups in total. The summed E-state index contributed by atoms with van der Waals surface area (Å²) in [6.45, 7) is 0. The quantitative estimate of drug-likeness (QED) is 0.462. The highest BCUT2D eigenvalue weighted by Gasteiger charge is 2.07. The van der Waals surface area contributed by atoms with Crippen LogP contribution >= 0.6 is 22.7 Å². The van der Waals surface area contributed by atoms with Gasteiger partial charge in [0.2, 0.25) is 0 Å². The number of benzene rings is 1. The first kappa shape index (κ1) is 14.0. The molecular formula is C18H14OS2. The minimum atomic E-state index is 0.0766. The van der Waals surface area contributed by atoms with Crippen LogP contribution in [-0.2, 0) is 6.42 Å². The van der Waals surface area contributed by atoms with E-state index in [4.69, 9.17) is 0 Å². The Bertz CT molecular complexity index is 737. The van der Waals surface area contributed by atoms with Crippen LogP contribution in [0.4, 0.5) is 0 Å². The third-order valence-corrected chi connectivity index (χ3v) is 5.01. The molecule has 1 nitrogen and oxygen atoms in total. The molecule has 104 valence electrons. The second-order valence-corrected chi connectivity index (χ2v) is 6.79. The summed E-state index contributed by atoms with van der Waals surface area (Å²) in [5.74, 6) is 0.0766. The van der Waals surface area contributed by atoms with Crippen LogP contribution in [0.1, 0.15) is 25.0 Å². The van der Waals surface area contributed by atoms with Gasteiger partial charge in [0.1, 0.15) is 0 Å². The Labute approximate surface area is 132 Å². The van der Waals surface area contributed by atoms with Crippen molar-refractivity contribution in [3.63, 3.8) is 0 Å². The van der Waals surface area contributed by atoms with Gasteiger partial charge in [-0.05, 0) is 41.3 Å². The second-order valence-electron chi connectivity index (χ2n) is 4.64. The number of ketones is 1. The van der Waals surface area contributed by atoms with Gasteiger partial charge in [-0.2, -0.15) is 0 Å². The Kier molecular flexibility index (Phi) is 4.43. The zero-order valence-corrected chi connectivity index (χ0v) is 13.0. The van der Waals surface area contributed by atoms with Crippen molar-refractivity contribution < 1.29 is 4.79 Å². The molecule has 0 atom stereocenters. The predicted octanol–water partition coefficient (Wildman–Crippen LogP) is 5.30. The van der Waals surface area contributed by atoms with E-state index in [0.717, 1.165) is 16.2 Å². The van der Waals surface area contributed by atoms with Gasteiger partial charge in [-0.15, -0.1) is 22.7 Å². The van der Waals surface area contributed by atoms with Crippen molar-refractivity contribution in [3.8, 4) is 0 Å². The average molecular weight is 310 g/mol. The number of thiophene rings is 2. The van der Waals surface area contributed by atoms with Crippen molar-refractivity contribution in [1.82, 2.24) is 0 Å². The van der Waals surface area contributed by atoms with Gasteiger partial charge in [0.15, 0.2) is 5.78 Å². The van der Waals surface area contributed by atoms with Gasteiger partial charge in [-0.25, -0.2) is 0 Å². The Balaban J connectivity index is 1.68. The van der Waals surface area contributed by atoms with Crippen LogP contribution in [0, 0.1) is 0 Å². The summed E-state index contributed by atoms with van der Waals surface area (Å²) in [6, 6.07) is 18.3. The summed E-state index contributed by atoms with van der Waals surface area (Å²) in [5, 5.41) is 2.01. The Morgan fingerprint density at radius 1 is 1.00 bits per heavy atom. The number of allylic oxidation sites excluding steroid dienone is 1. The number of carbonyl (C=O) groups is 1. The number of hydrogen-bond donors (Lipinski definition) is 0. The molecular weight excluding hydrogens is 296 g/mol. The first-order valence-corrected chi connectivity index (χ1v) is 8.39. The van der Waals surface area contributed by atoms with Crippen LogP contribution < -0.4 is 0 Å². The maximum absolute atomic E-state index is 12.1. The van der Waals surface area contributed by atoms with Crippen LogP contribution in [0.25, 0.3) is 6.08 Å². The lowest BCUT2D eigenvalue weighted by Gasteiger charge is -1.96. The van der Waals surface area contributed by atoms with E-state index in [0.29, 0.717) is 0 Å². The van der Waals surface area contributed by atoms with Gasteiger partial charge < -0.3 is 0 Å². The van der Waals surface area contributed by atoms with Crippen LogP contribution in [0.3, 0.4) is 0 Å². The summed E-state index contributed by atoms with van der Waals surface area (Å²) in [4.78, 5) is 15.3. The van der Waals surface area contributed by atoms with E-state index < -0.39 is 0 Å². The Morgan fingerprint density at radius 2 is 1.86 bits per heavy atom. The lowest BCUT2D eigenvalue weighted by molar-refractivity contribution is 0.105. The van der Waals surface area contributed by atoms with Gasteiger partial charge in [-0.1, -0.05) is 36.4 Å². The standard InChI is InChI=1S/C18H14OS2/c19-17(10-8-15-7-4-12-20-15)18-11-9-16(21-18)13-14-5-2-1-3-6-14/h1-12H,13H2/b10-8+. The fourth-order valence-corrected chi connectivity index (χ4v) is 3.61. The van der Waals surface area contributed by atoms with Crippen LogP contribution in [0.2, 0.25) is 0 Å². The van der Waals surface area contributed by atoms with Gasteiger partial charge in [0, 0.05) is 16.2 Å². The van der Waals surface area contributed by atoms with Crippen molar-refractivity contribution in [2.75, 3.05) is 0 Å². The molecule has 2 heterocycles. The van der Waals surface area contributed by atoms with E-state index in [1.165, 1.54) is 10.4 Å². The molecule has 1 aromatic carbocycles. The van der Waals surface area contributed by atoms with Crippen molar-refractivity contribution in [2.45, 2.75) is 6.42 Å². The topological polar surface area (TPSA) is 17.1 Å². The molecule has 0 spiro atoms. The summed E-state index contributed by atoms with van der Waals surface area (Å²) >= 11 is 3.21. The molecule has 0 aliphatic rings. The number of hydrogen-bond acceptors (Lipinski definition) is 3. The van der Waals surface area contributed by atoms with Gasteiger partial charge in [0.25, 0.3) is 0 Å². The summed E-state index contributed by atoms with van der Waals surface area (Å²) in [5.41, 5.74) is 1.27. The van der Waals surface area contributed by atoms with E-state index >= 15 is 0 Å². The molecule has 3 heteroatoms. The predicted molar refractivity (Wildman–Crippen MR) is 91.3 cm³/mol. The molecule has 0 unspecified atom stereocenters. The monoisotopic (exact) mass is 310 g/mol. The fraction of sp³-hybridized carbons (Fsp3) is 0.0556. The summed E-state index contributed by atoms with van der Waals surface area (Å²) < 4.78 is 0. The fourth-order valence-electron chi connectivity index (χ4n) is 2.03. The molecule has 2 aromatic heterocycles. The largest absolute Gasteiger partial charge is 0.288 e. The second kappa shape index (κ2) is 6.66. The first-order valence-electron chi connectivity index (χ1n) is 6.70. The summed E-state index contributed by atoms with van der Waals surface area (Å²) in [6.07, 6.45) is 4.42. The van der Waals surface area contributed by atoms with E-state index in [1.54, 1.807) is 28.7 Å². The minimum absolute atomic E-state index is 0.0766. The summed E-state index contributed by atoms with van der Waals surface area (Å²) in [7, 11) is 0. The molecule has 0 fully saturated rings. The molecule has 0 aliphatic carbocycles. The number of rotatable bonds is 5. The van der Waals surface area contributed by atoms with Gasteiger partial charge in [-0.3, -0.25) is 4.79 Å². The van der Waals surface area contributed by atoms with Crippen molar-refractivity contribution in [1.29, 1.82) is 0 Å². The highest BCUT2D eigenvalue weighted by atomic mass is 32.1. The highest BCUT2D eigenvalue weighted by Crippen LogP contribution is 2.21. The zero-order valence-electron chi connectivity index (χ0n) is 11.4. The van der Waals surface area contributed by atoms with Crippen molar-refractivity contribution >= 4 is 34.5 Å². The molecule has 21 heavy (non-hydrogen) atoms. The third-order valence-electron chi connectivity index (χ3n) is 3.07. The van der Waals surface area contributed by atoms with Crippen LogP contribution in [-0.4, -0.2) is 5.78 Å². The van der Waals surface area contributed by atoms with Gasteiger partial charge in [0.05, 0.1) is 4.88 Å². The normalized spacial score (nSPS) is 11.0. The first-order chi connectivity index (χ1) is 10.3. The Morgan fingerprint density at radius 3 is 2.62 bits per heavy atom. The molecule has 0 aliphatic heterocycles.